The zero-order valence-corrected chi connectivity index (χ0v) is 21.5. The number of aliphatic hydroxyl groups is 1. The molecule has 0 aliphatic heterocycles. The number of benzene rings is 3. The van der Waals surface area contributed by atoms with Crippen LogP contribution in [0.4, 0.5) is 0 Å². The maximum absolute atomic E-state index is 13.6. The van der Waals surface area contributed by atoms with Crippen LogP contribution in [0.3, 0.4) is 0 Å². The molecule has 0 atom stereocenters. The number of carbonyl (C=O) groups is 1. The minimum absolute atomic E-state index is 0.0158. The average Bonchev–Trinajstić information content (AvgIpc) is 3.19. The molecule has 0 amide bonds. The number of carbonyl (C=O) groups excluding carboxylic acids is 1. The summed E-state index contributed by atoms with van der Waals surface area (Å²) < 4.78 is 2.07. The second-order valence-corrected chi connectivity index (χ2v) is 10.1. The van der Waals surface area contributed by atoms with Gasteiger partial charge in [-0.1, -0.05) is 75.0 Å². The molecule has 4 nitrogen and oxygen atoms in total. The van der Waals surface area contributed by atoms with E-state index in [2.05, 4.69) is 17.2 Å². The summed E-state index contributed by atoms with van der Waals surface area (Å²) in [6.07, 6.45) is 1.69. The van der Waals surface area contributed by atoms with Crippen LogP contribution in [0.2, 0.25) is 0 Å². The van der Waals surface area contributed by atoms with E-state index in [9.17, 15) is 15.2 Å². The number of hydrogen-bond acceptors (Lipinski definition) is 3. The Hall–Kier alpha value is -4.62. The highest BCUT2D eigenvalue weighted by Crippen LogP contribution is 2.46. The third-order valence-electron chi connectivity index (χ3n) is 7.53. The van der Waals surface area contributed by atoms with Gasteiger partial charge < -0.3 is 9.67 Å². The molecule has 37 heavy (non-hydrogen) atoms. The minimum atomic E-state index is -0.547. The van der Waals surface area contributed by atoms with Crippen molar-refractivity contribution in [2.75, 3.05) is 0 Å². The number of allylic oxidation sites excluding steroid dienone is 4. The fraction of sp³-hybridized carbons (Fsp3) is 0.152. The quantitative estimate of drug-likeness (QED) is 0.301. The summed E-state index contributed by atoms with van der Waals surface area (Å²) in [7, 11) is 1.98. The fourth-order valence-electron chi connectivity index (χ4n) is 5.26. The molecule has 4 heteroatoms. The Labute approximate surface area is 217 Å². The van der Waals surface area contributed by atoms with Gasteiger partial charge in [0.25, 0.3) is 0 Å². The molecule has 0 saturated carbocycles. The summed E-state index contributed by atoms with van der Waals surface area (Å²) in [5, 5.41) is 21.5. The molecule has 1 N–H and O–H groups in total. The summed E-state index contributed by atoms with van der Waals surface area (Å²) in [5.74, 6) is -0.219. The van der Waals surface area contributed by atoms with Crippen LogP contribution in [0.25, 0.3) is 27.7 Å². The van der Waals surface area contributed by atoms with Gasteiger partial charge in [-0.2, -0.15) is 5.26 Å². The van der Waals surface area contributed by atoms with Crippen molar-refractivity contribution in [1.82, 2.24) is 4.57 Å². The molecule has 0 spiro atoms. The van der Waals surface area contributed by atoms with Crippen molar-refractivity contribution in [2.45, 2.75) is 26.2 Å². The lowest BCUT2D eigenvalue weighted by molar-refractivity contribution is -0.111. The van der Waals surface area contributed by atoms with E-state index < -0.39 is 5.41 Å². The van der Waals surface area contributed by atoms with E-state index in [1.54, 1.807) is 12.1 Å². The van der Waals surface area contributed by atoms with Gasteiger partial charge in [-0.15, -0.1) is 0 Å². The summed E-state index contributed by atoms with van der Waals surface area (Å²) in [6.45, 7) is 10.3. The lowest BCUT2D eigenvalue weighted by atomic mass is 9.73. The summed E-state index contributed by atoms with van der Waals surface area (Å²) in [4.78, 5) is 13.6. The Kier molecular flexibility index (Phi) is 5.73. The number of nitriles is 1. The molecule has 1 heterocycles. The third kappa shape index (κ3) is 3.72. The Morgan fingerprint density at radius 1 is 1.05 bits per heavy atom. The van der Waals surface area contributed by atoms with E-state index in [-0.39, 0.29) is 17.1 Å². The van der Waals surface area contributed by atoms with Crippen LogP contribution in [-0.4, -0.2) is 15.5 Å². The van der Waals surface area contributed by atoms with Gasteiger partial charge in [0.1, 0.15) is 5.76 Å². The SMILES string of the molecule is C=C(/C=C1/C(=O)C(c2c(-c3ccccc3)n(C)c3ccccc23)=C1O)C(C)(C)c1cc(C#N)ccc1C. The largest absolute Gasteiger partial charge is 0.506 e. The molecule has 0 fully saturated rings. The molecular weight excluding hydrogens is 456 g/mol. The van der Waals surface area contributed by atoms with Gasteiger partial charge in [-0.3, -0.25) is 4.79 Å². The van der Waals surface area contributed by atoms with Crippen molar-refractivity contribution in [1.29, 1.82) is 5.26 Å². The van der Waals surface area contributed by atoms with Crippen LogP contribution in [0.15, 0.2) is 102 Å². The van der Waals surface area contributed by atoms with E-state index >= 15 is 0 Å². The maximum atomic E-state index is 13.6. The molecule has 5 rings (SSSR count). The van der Waals surface area contributed by atoms with E-state index in [1.165, 1.54) is 0 Å². The molecule has 4 aromatic rings. The highest BCUT2D eigenvalue weighted by molar-refractivity contribution is 6.41. The highest BCUT2D eigenvalue weighted by Gasteiger charge is 2.39. The van der Waals surface area contributed by atoms with Gasteiger partial charge in [-0.25, -0.2) is 0 Å². The zero-order valence-electron chi connectivity index (χ0n) is 21.5. The number of hydrogen-bond donors (Lipinski definition) is 1. The number of aryl methyl sites for hydroxylation is 2. The molecule has 1 aliphatic rings. The number of nitrogens with zero attached hydrogens (tertiary/aromatic N) is 2. The van der Waals surface area contributed by atoms with Crippen molar-refractivity contribution < 1.29 is 9.90 Å². The first-order valence-electron chi connectivity index (χ1n) is 12.2. The lowest BCUT2D eigenvalue weighted by Crippen LogP contribution is -2.25. The zero-order chi connectivity index (χ0) is 26.5. The first-order valence-corrected chi connectivity index (χ1v) is 12.2. The predicted octanol–water partition coefficient (Wildman–Crippen LogP) is 7.34. The summed E-state index contributed by atoms with van der Waals surface area (Å²) >= 11 is 0. The predicted molar refractivity (Wildman–Crippen MR) is 149 cm³/mol. The third-order valence-corrected chi connectivity index (χ3v) is 7.53. The number of aliphatic hydroxyl groups excluding tert-OH is 1. The Morgan fingerprint density at radius 3 is 2.41 bits per heavy atom. The fourth-order valence-corrected chi connectivity index (χ4v) is 5.26. The van der Waals surface area contributed by atoms with Gasteiger partial charge in [-0.05, 0) is 53.5 Å². The van der Waals surface area contributed by atoms with Gasteiger partial charge in [0, 0.05) is 28.9 Å². The minimum Gasteiger partial charge on any atom is -0.506 e. The smallest absolute Gasteiger partial charge is 0.201 e. The Bertz CT molecular complexity index is 1710. The van der Waals surface area contributed by atoms with Crippen molar-refractivity contribution >= 4 is 22.3 Å². The van der Waals surface area contributed by atoms with Crippen LogP contribution >= 0.6 is 0 Å². The van der Waals surface area contributed by atoms with Crippen molar-refractivity contribution in [2.24, 2.45) is 7.05 Å². The monoisotopic (exact) mass is 484 g/mol. The second kappa shape index (κ2) is 8.80. The van der Waals surface area contributed by atoms with Gasteiger partial charge >= 0.3 is 0 Å². The van der Waals surface area contributed by atoms with Crippen LogP contribution < -0.4 is 0 Å². The highest BCUT2D eigenvalue weighted by atomic mass is 16.3. The van der Waals surface area contributed by atoms with Crippen LogP contribution in [-0.2, 0) is 17.3 Å². The number of aromatic nitrogens is 1. The summed E-state index contributed by atoms with van der Waals surface area (Å²) in [6, 6.07) is 25.6. The lowest BCUT2D eigenvalue weighted by Gasteiger charge is -2.30. The molecule has 0 radical (unpaired) electrons. The molecule has 0 unspecified atom stereocenters. The van der Waals surface area contributed by atoms with E-state index in [0.717, 1.165) is 38.9 Å². The Balaban J connectivity index is 1.63. The number of para-hydroxylation sites is 1. The van der Waals surface area contributed by atoms with E-state index in [1.807, 2.05) is 94.5 Å². The number of Topliss-reactive ketones (excluding diaryl/α,β-unsaturated/α-hetero) is 1. The van der Waals surface area contributed by atoms with Crippen molar-refractivity contribution in [3.8, 4) is 17.3 Å². The van der Waals surface area contributed by atoms with Gasteiger partial charge in [0.15, 0.2) is 0 Å². The average molecular weight is 485 g/mol. The van der Waals surface area contributed by atoms with Crippen LogP contribution in [0.5, 0.6) is 0 Å². The van der Waals surface area contributed by atoms with Crippen molar-refractivity contribution in [3.63, 3.8) is 0 Å². The molecule has 1 aromatic heterocycles. The van der Waals surface area contributed by atoms with Crippen LogP contribution in [0, 0.1) is 18.3 Å². The molecule has 3 aromatic carbocycles. The second-order valence-electron chi connectivity index (χ2n) is 10.1. The molecule has 0 saturated heterocycles. The molecule has 1 aliphatic carbocycles. The molecule has 182 valence electrons. The number of rotatable bonds is 5. The summed E-state index contributed by atoms with van der Waals surface area (Å²) in [5.41, 5.74) is 6.88. The Morgan fingerprint density at radius 2 is 1.73 bits per heavy atom. The van der Waals surface area contributed by atoms with E-state index in [0.29, 0.717) is 16.7 Å². The van der Waals surface area contributed by atoms with Crippen molar-refractivity contribution in [3.05, 3.63) is 125 Å². The van der Waals surface area contributed by atoms with Gasteiger partial charge in [0.2, 0.25) is 5.78 Å². The molecule has 0 bridgehead atoms. The first kappa shape index (κ1) is 24.1. The van der Waals surface area contributed by atoms with E-state index in [4.69, 9.17) is 0 Å². The standard InChI is InChI=1S/C33H28N2O2/c1-20-15-16-22(19-34)18-26(20)33(3,4)21(2)17-25-31(36)29(32(25)37)28-24-13-9-10-14-27(24)35(5)30(28)23-11-7-6-8-12-23/h6-18,36H,2H2,1,3-5H3/b25-17+. The number of fused-ring (bicyclic) bond motifs is 1. The topological polar surface area (TPSA) is 66.0 Å². The molecular formula is C33H28N2O2. The number of ketones is 1. The maximum Gasteiger partial charge on any atom is 0.201 e. The van der Waals surface area contributed by atoms with Crippen LogP contribution in [0.1, 0.15) is 36.1 Å². The van der Waals surface area contributed by atoms with Gasteiger partial charge in [0.05, 0.1) is 28.5 Å². The normalized spacial score (nSPS) is 14.7. The first-order chi connectivity index (χ1) is 17.7.